The lowest BCUT2D eigenvalue weighted by Crippen LogP contribution is -2.17. The highest BCUT2D eigenvalue weighted by Gasteiger charge is 2.25. The summed E-state index contributed by atoms with van der Waals surface area (Å²) in [6.07, 6.45) is 3.82. The molecule has 1 atom stereocenters. The summed E-state index contributed by atoms with van der Waals surface area (Å²) in [5.74, 6) is 4.17. The zero-order valence-corrected chi connectivity index (χ0v) is 13.0. The van der Waals surface area contributed by atoms with Gasteiger partial charge in [0, 0.05) is 6.42 Å². The molecular weight excluding hydrogens is 266 g/mol. The number of furan rings is 1. The van der Waals surface area contributed by atoms with Crippen molar-refractivity contribution in [1.82, 2.24) is 14.8 Å². The molecule has 0 radical (unpaired) electrons. The Morgan fingerprint density at radius 1 is 1.43 bits per heavy atom. The lowest BCUT2D eigenvalue weighted by Gasteiger charge is -2.09. The maximum atomic E-state index is 9.95. The van der Waals surface area contributed by atoms with Crippen molar-refractivity contribution in [2.24, 2.45) is 5.92 Å². The molecule has 1 N–H and O–H groups in total. The van der Waals surface area contributed by atoms with Gasteiger partial charge in [-0.05, 0) is 45.1 Å². The number of aliphatic hydroxyl groups excluding tert-OH is 1. The van der Waals surface area contributed by atoms with Gasteiger partial charge in [0.1, 0.15) is 11.5 Å². The van der Waals surface area contributed by atoms with Crippen LogP contribution >= 0.6 is 0 Å². The van der Waals surface area contributed by atoms with Crippen LogP contribution < -0.4 is 0 Å². The molecule has 0 aliphatic heterocycles. The van der Waals surface area contributed by atoms with Gasteiger partial charge in [-0.1, -0.05) is 6.92 Å². The summed E-state index contributed by atoms with van der Waals surface area (Å²) in [4.78, 5) is 4.70. The van der Waals surface area contributed by atoms with Gasteiger partial charge < -0.3 is 9.52 Å². The van der Waals surface area contributed by atoms with E-state index >= 15 is 0 Å². The third-order valence-corrected chi connectivity index (χ3v) is 4.02. The van der Waals surface area contributed by atoms with Crippen LogP contribution in [-0.4, -0.2) is 26.0 Å². The topological polar surface area (TPSA) is 64.1 Å². The highest BCUT2D eigenvalue weighted by atomic mass is 16.3. The van der Waals surface area contributed by atoms with Crippen LogP contribution in [0.3, 0.4) is 0 Å². The van der Waals surface area contributed by atoms with Crippen LogP contribution in [0.25, 0.3) is 11.4 Å². The van der Waals surface area contributed by atoms with Gasteiger partial charge in [-0.3, -0.25) is 0 Å². The molecule has 5 heteroatoms. The van der Waals surface area contributed by atoms with Gasteiger partial charge in [-0.2, -0.15) is 5.10 Å². The summed E-state index contributed by atoms with van der Waals surface area (Å²) in [6.45, 7) is 6.33. The van der Waals surface area contributed by atoms with Gasteiger partial charge in [-0.15, -0.1) is 0 Å². The van der Waals surface area contributed by atoms with Crippen LogP contribution in [0.15, 0.2) is 10.5 Å². The van der Waals surface area contributed by atoms with Crippen molar-refractivity contribution in [3.8, 4) is 11.4 Å². The molecule has 0 spiro atoms. The van der Waals surface area contributed by atoms with Gasteiger partial charge in [0.15, 0.2) is 11.6 Å². The van der Waals surface area contributed by atoms with Crippen molar-refractivity contribution in [3.05, 3.63) is 23.4 Å². The van der Waals surface area contributed by atoms with E-state index in [-0.39, 0.29) is 0 Å². The average Bonchev–Trinajstić information content (AvgIpc) is 3.07. The third-order valence-electron chi connectivity index (χ3n) is 4.02. The van der Waals surface area contributed by atoms with Crippen LogP contribution in [0.1, 0.15) is 43.5 Å². The summed E-state index contributed by atoms with van der Waals surface area (Å²) in [7, 11) is 0. The SMILES string of the molecule is CCC(O)Cn1nc(CC2CC2)nc1-c1cc(C)oc1C. The van der Waals surface area contributed by atoms with Crippen LogP contribution in [-0.2, 0) is 13.0 Å². The van der Waals surface area contributed by atoms with E-state index in [0.29, 0.717) is 13.0 Å². The number of aliphatic hydroxyl groups is 1. The fourth-order valence-electron chi connectivity index (χ4n) is 2.56. The van der Waals surface area contributed by atoms with E-state index in [4.69, 9.17) is 9.40 Å². The maximum absolute atomic E-state index is 9.95. The van der Waals surface area contributed by atoms with Crippen molar-refractivity contribution in [2.45, 2.75) is 59.1 Å². The molecule has 1 saturated carbocycles. The molecule has 3 rings (SSSR count). The maximum Gasteiger partial charge on any atom is 0.162 e. The number of aromatic nitrogens is 3. The Morgan fingerprint density at radius 2 is 2.19 bits per heavy atom. The van der Waals surface area contributed by atoms with E-state index < -0.39 is 6.10 Å². The fraction of sp³-hybridized carbons (Fsp3) is 0.625. The summed E-state index contributed by atoms with van der Waals surface area (Å²) < 4.78 is 7.45. The first-order valence-corrected chi connectivity index (χ1v) is 7.76. The van der Waals surface area contributed by atoms with E-state index in [9.17, 15) is 5.11 Å². The number of hydrogen-bond acceptors (Lipinski definition) is 4. The summed E-state index contributed by atoms with van der Waals surface area (Å²) in [5.41, 5.74) is 0.977. The molecule has 0 aromatic carbocycles. The van der Waals surface area contributed by atoms with E-state index in [0.717, 1.165) is 41.1 Å². The van der Waals surface area contributed by atoms with Crippen molar-refractivity contribution >= 4 is 0 Å². The van der Waals surface area contributed by atoms with E-state index in [1.54, 1.807) is 0 Å². The predicted octanol–water partition coefficient (Wildman–Crippen LogP) is 2.88. The zero-order valence-electron chi connectivity index (χ0n) is 13.0. The van der Waals surface area contributed by atoms with Gasteiger partial charge in [0.05, 0.1) is 18.2 Å². The van der Waals surface area contributed by atoms with Gasteiger partial charge in [-0.25, -0.2) is 9.67 Å². The minimum Gasteiger partial charge on any atom is -0.466 e. The van der Waals surface area contributed by atoms with Crippen molar-refractivity contribution in [3.63, 3.8) is 0 Å². The Balaban J connectivity index is 1.95. The van der Waals surface area contributed by atoms with E-state index in [1.807, 2.05) is 31.5 Å². The largest absolute Gasteiger partial charge is 0.466 e. The Bertz CT molecular complexity index is 626. The second kappa shape index (κ2) is 5.64. The van der Waals surface area contributed by atoms with Gasteiger partial charge in [0.2, 0.25) is 0 Å². The molecule has 1 fully saturated rings. The molecule has 21 heavy (non-hydrogen) atoms. The average molecular weight is 289 g/mol. The zero-order chi connectivity index (χ0) is 15.0. The van der Waals surface area contributed by atoms with E-state index in [1.165, 1.54) is 12.8 Å². The highest BCUT2D eigenvalue weighted by molar-refractivity contribution is 5.58. The molecule has 0 amide bonds. The molecule has 1 aliphatic rings. The summed E-state index contributed by atoms with van der Waals surface area (Å²) in [5, 5.41) is 14.6. The first-order chi connectivity index (χ1) is 10.1. The number of nitrogens with zero attached hydrogens (tertiary/aromatic N) is 3. The first kappa shape index (κ1) is 14.3. The Labute approximate surface area is 125 Å². The third kappa shape index (κ3) is 3.18. The van der Waals surface area contributed by atoms with Gasteiger partial charge in [0.25, 0.3) is 0 Å². The Kier molecular flexibility index (Phi) is 3.85. The molecule has 2 heterocycles. The second-order valence-corrected chi connectivity index (χ2v) is 6.07. The quantitative estimate of drug-likeness (QED) is 0.888. The Morgan fingerprint density at radius 3 is 2.76 bits per heavy atom. The molecule has 1 unspecified atom stereocenters. The summed E-state index contributed by atoms with van der Waals surface area (Å²) in [6, 6.07) is 2.00. The van der Waals surface area contributed by atoms with Crippen molar-refractivity contribution < 1.29 is 9.52 Å². The van der Waals surface area contributed by atoms with Crippen molar-refractivity contribution in [1.29, 1.82) is 0 Å². The van der Waals surface area contributed by atoms with Crippen LogP contribution in [0.2, 0.25) is 0 Å². The molecule has 0 bridgehead atoms. The second-order valence-electron chi connectivity index (χ2n) is 6.07. The smallest absolute Gasteiger partial charge is 0.162 e. The highest BCUT2D eigenvalue weighted by Crippen LogP contribution is 2.33. The molecule has 0 saturated heterocycles. The number of hydrogen-bond donors (Lipinski definition) is 1. The molecule has 1 aliphatic carbocycles. The van der Waals surface area contributed by atoms with Gasteiger partial charge >= 0.3 is 0 Å². The number of rotatable bonds is 6. The van der Waals surface area contributed by atoms with E-state index in [2.05, 4.69) is 5.10 Å². The molecule has 2 aromatic rings. The monoisotopic (exact) mass is 289 g/mol. The lowest BCUT2D eigenvalue weighted by atomic mass is 10.2. The Hall–Kier alpha value is -1.62. The fourth-order valence-corrected chi connectivity index (χ4v) is 2.56. The normalized spacial score (nSPS) is 16.4. The minimum absolute atomic E-state index is 0.396. The molecule has 114 valence electrons. The predicted molar refractivity (Wildman–Crippen MR) is 79.9 cm³/mol. The molecule has 2 aromatic heterocycles. The molecular formula is C16H23N3O2. The molecule has 5 nitrogen and oxygen atoms in total. The number of aryl methyl sites for hydroxylation is 2. The van der Waals surface area contributed by atoms with Crippen molar-refractivity contribution in [2.75, 3.05) is 0 Å². The van der Waals surface area contributed by atoms with Crippen LogP contribution in [0.5, 0.6) is 0 Å². The van der Waals surface area contributed by atoms with Crippen LogP contribution in [0.4, 0.5) is 0 Å². The summed E-state index contributed by atoms with van der Waals surface area (Å²) >= 11 is 0. The lowest BCUT2D eigenvalue weighted by molar-refractivity contribution is 0.145. The standard InChI is InChI=1S/C16H23N3O2/c1-4-13(20)9-19-16(14-7-10(2)21-11(14)3)17-15(18-19)8-12-5-6-12/h7,12-13,20H,4-6,8-9H2,1-3H3. The van der Waals surface area contributed by atoms with Crippen LogP contribution in [0, 0.1) is 19.8 Å². The first-order valence-electron chi connectivity index (χ1n) is 7.76. The minimum atomic E-state index is -0.396.